The molecule has 4 heteroatoms. The number of anilines is 1. The second kappa shape index (κ2) is 4.30. The number of hydrogen-bond acceptors (Lipinski definition) is 4. The van der Waals surface area contributed by atoms with Crippen LogP contribution in [-0.2, 0) is 0 Å². The molecule has 4 atom stereocenters. The molecule has 3 aliphatic rings. The molecular formula is C15H19N3O. The number of nitroso groups, excluding NO2 is 1. The zero-order chi connectivity index (χ0) is 12.8. The second-order valence-corrected chi connectivity index (χ2v) is 6.01. The van der Waals surface area contributed by atoms with Crippen molar-refractivity contribution >= 4 is 5.69 Å². The van der Waals surface area contributed by atoms with Crippen molar-refractivity contribution in [3.05, 3.63) is 34.7 Å². The highest BCUT2D eigenvalue weighted by molar-refractivity contribution is 5.61. The Bertz CT molecular complexity index is 504. The van der Waals surface area contributed by atoms with Crippen LogP contribution in [0.15, 0.2) is 29.4 Å². The third-order valence-electron chi connectivity index (χ3n) is 5.08. The van der Waals surface area contributed by atoms with E-state index in [9.17, 15) is 4.91 Å². The van der Waals surface area contributed by atoms with Crippen LogP contribution in [0, 0.1) is 4.91 Å². The van der Waals surface area contributed by atoms with Crippen molar-refractivity contribution in [1.82, 2.24) is 4.90 Å². The summed E-state index contributed by atoms with van der Waals surface area (Å²) in [6.07, 6.45) is 3.81. The Kier molecular flexibility index (Phi) is 2.58. The third kappa shape index (κ3) is 1.62. The van der Waals surface area contributed by atoms with Crippen molar-refractivity contribution in [3.63, 3.8) is 0 Å². The summed E-state index contributed by atoms with van der Waals surface area (Å²) in [5.41, 5.74) is 2.50. The molecule has 0 spiro atoms. The van der Waals surface area contributed by atoms with E-state index in [-0.39, 0.29) is 12.0 Å². The lowest BCUT2D eigenvalue weighted by atomic mass is 9.77. The van der Waals surface area contributed by atoms with Crippen molar-refractivity contribution in [3.8, 4) is 0 Å². The number of piperidine rings is 2. The fraction of sp³-hybridized carbons (Fsp3) is 0.600. The van der Waals surface area contributed by atoms with Gasteiger partial charge in [-0.15, -0.1) is 0 Å². The van der Waals surface area contributed by atoms with Crippen LogP contribution in [0.4, 0.5) is 5.69 Å². The lowest BCUT2D eigenvalue weighted by molar-refractivity contribution is 0.0774. The molecule has 4 rings (SSSR count). The van der Waals surface area contributed by atoms with E-state index in [0.717, 1.165) is 13.1 Å². The van der Waals surface area contributed by atoms with E-state index in [0.29, 0.717) is 12.1 Å². The Hall–Kier alpha value is -1.42. The maximum absolute atomic E-state index is 11.3. The summed E-state index contributed by atoms with van der Waals surface area (Å²) >= 11 is 0. The van der Waals surface area contributed by atoms with Crippen molar-refractivity contribution < 1.29 is 0 Å². The van der Waals surface area contributed by atoms with Crippen molar-refractivity contribution in [2.75, 3.05) is 18.4 Å². The summed E-state index contributed by atoms with van der Waals surface area (Å²) < 4.78 is 0. The molecular weight excluding hydrogens is 238 g/mol. The van der Waals surface area contributed by atoms with Gasteiger partial charge in [-0.1, -0.05) is 29.8 Å². The molecule has 19 heavy (non-hydrogen) atoms. The minimum Gasteiger partial charge on any atom is -0.380 e. The molecule has 0 radical (unpaired) electrons. The van der Waals surface area contributed by atoms with Crippen LogP contribution in [0.1, 0.15) is 30.7 Å². The molecule has 100 valence electrons. The van der Waals surface area contributed by atoms with Crippen LogP contribution in [0.2, 0.25) is 0 Å². The molecule has 3 aliphatic heterocycles. The minimum atomic E-state index is -0.101. The van der Waals surface area contributed by atoms with Gasteiger partial charge in [-0.2, -0.15) is 4.91 Å². The first-order valence-electron chi connectivity index (χ1n) is 7.30. The molecule has 4 unspecified atom stereocenters. The van der Waals surface area contributed by atoms with Gasteiger partial charge in [0.25, 0.3) is 0 Å². The van der Waals surface area contributed by atoms with Gasteiger partial charge in [0.15, 0.2) is 0 Å². The van der Waals surface area contributed by atoms with Crippen molar-refractivity contribution in [2.45, 2.75) is 43.3 Å². The van der Waals surface area contributed by atoms with E-state index in [1.807, 2.05) is 0 Å². The van der Waals surface area contributed by atoms with Crippen molar-refractivity contribution in [2.24, 2.45) is 5.18 Å². The number of nitrogens with zero attached hydrogens (tertiary/aromatic N) is 2. The van der Waals surface area contributed by atoms with Crippen LogP contribution >= 0.6 is 0 Å². The number of nitrogens with one attached hydrogen (secondary N) is 1. The van der Waals surface area contributed by atoms with Crippen LogP contribution in [-0.4, -0.2) is 36.1 Å². The third-order valence-corrected chi connectivity index (χ3v) is 5.08. The molecule has 4 nitrogen and oxygen atoms in total. The number of para-hydroxylation sites is 1. The average Bonchev–Trinajstić information content (AvgIpc) is 2.86. The highest BCUT2D eigenvalue weighted by Crippen LogP contribution is 2.45. The maximum atomic E-state index is 11.3. The molecule has 1 aromatic rings. The summed E-state index contributed by atoms with van der Waals surface area (Å²) in [6, 6.07) is 9.25. The van der Waals surface area contributed by atoms with Crippen LogP contribution < -0.4 is 5.32 Å². The van der Waals surface area contributed by atoms with E-state index >= 15 is 0 Å². The second-order valence-electron chi connectivity index (χ2n) is 6.01. The van der Waals surface area contributed by atoms with E-state index in [2.05, 4.69) is 39.7 Å². The first-order chi connectivity index (χ1) is 9.38. The number of benzene rings is 1. The molecule has 0 aromatic heterocycles. The average molecular weight is 257 g/mol. The maximum Gasteiger partial charge on any atom is 0.113 e. The Balaban J connectivity index is 1.74. The molecule has 1 aromatic carbocycles. The summed E-state index contributed by atoms with van der Waals surface area (Å²) in [6.45, 7) is 1.96. The summed E-state index contributed by atoms with van der Waals surface area (Å²) in [5.74, 6) is 0.271. The van der Waals surface area contributed by atoms with Gasteiger partial charge in [-0.3, -0.25) is 4.90 Å². The monoisotopic (exact) mass is 257 g/mol. The first kappa shape index (κ1) is 11.4. The van der Waals surface area contributed by atoms with Crippen LogP contribution in [0.25, 0.3) is 0 Å². The highest BCUT2D eigenvalue weighted by atomic mass is 16.3. The Morgan fingerprint density at radius 1 is 1.26 bits per heavy atom. The predicted octanol–water partition coefficient (Wildman–Crippen LogP) is 2.57. The zero-order valence-electron chi connectivity index (χ0n) is 11.0. The van der Waals surface area contributed by atoms with Gasteiger partial charge in [0, 0.05) is 24.2 Å². The zero-order valence-corrected chi connectivity index (χ0v) is 11.0. The molecule has 0 aliphatic carbocycles. The Labute approximate surface area is 113 Å². The molecule has 0 saturated carbocycles. The molecule has 3 heterocycles. The molecule has 1 N–H and O–H groups in total. The molecule has 2 fully saturated rings. The Morgan fingerprint density at radius 2 is 2.16 bits per heavy atom. The summed E-state index contributed by atoms with van der Waals surface area (Å²) in [7, 11) is 0. The smallest absolute Gasteiger partial charge is 0.113 e. The molecule has 2 saturated heterocycles. The van der Waals surface area contributed by atoms with Gasteiger partial charge in [-0.05, 0) is 31.0 Å². The highest BCUT2D eigenvalue weighted by Gasteiger charge is 2.49. The van der Waals surface area contributed by atoms with Crippen LogP contribution in [0.3, 0.4) is 0 Å². The molecule has 0 bridgehead atoms. The largest absolute Gasteiger partial charge is 0.380 e. The number of fused-ring (bicyclic) bond motifs is 5. The van der Waals surface area contributed by atoms with Gasteiger partial charge < -0.3 is 5.32 Å². The van der Waals surface area contributed by atoms with Crippen LogP contribution in [0.5, 0.6) is 0 Å². The standard InChI is InChI=1S/C15H19N3O/c19-17-12-9-18-8-4-3-7-13(18)15-14(12)10-5-1-2-6-11(10)16-15/h1-2,5-6,12-16H,3-4,7-9H2. The summed E-state index contributed by atoms with van der Waals surface area (Å²) in [4.78, 5) is 13.8. The van der Waals surface area contributed by atoms with Gasteiger partial charge in [-0.25, -0.2) is 0 Å². The fourth-order valence-corrected chi connectivity index (χ4v) is 4.27. The van der Waals surface area contributed by atoms with Gasteiger partial charge >= 0.3 is 0 Å². The van der Waals surface area contributed by atoms with Gasteiger partial charge in [0.1, 0.15) is 6.04 Å². The van der Waals surface area contributed by atoms with E-state index in [1.165, 1.54) is 30.5 Å². The summed E-state index contributed by atoms with van der Waals surface area (Å²) in [5, 5.41) is 7.11. The van der Waals surface area contributed by atoms with E-state index < -0.39 is 0 Å². The lowest BCUT2D eigenvalue weighted by Gasteiger charge is -2.47. The van der Waals surface area contributed by atoms with Gasteiger partial charge in [0.2, 0.25) is 0 Å². The lowest BCUT2D eigenvalue weighted by Crippen LogP contribution is -2.59. The molecule has 0 amide bonds. The van der Waals surface area contributed by atoms with E-state index in [1.54, 1.807) is 0 Å². The number of hydrogen-bond donors (Lipinski definition) is 1. The Morgan fingerprint density at radius 3 is 3.05 bits per heavy atom. The van der Waals surface area contributed by atoms with E-state index in [4.69, 9.17) is 0 Å². The van der Waals surface area contributed by atoms with Crippen molar-refractivity contribution in [1.29, 1.82) is 0 Å². The fourth-order valence-electron chi connectivity index (χ4n) is 4.27. The quantitative estimate of drug-likeness (QED) is 0.786. The number of rotatable bonds is 1. The first-order valence-corrected chi connectivity index (χ1v) is 7.30. The topological polar surface area (TPSA) is 44.7 Å². The normalized spacial score (nSPS) is 36.8. The minimum absolute atomic E-state index is 0.101. The SMILES string of the molecule is O=NC1CN2CCCCC2C2Nc3ccccc3C12. The predicted molar refractivity (Wildman–Crippen MR) is 75.4 cm³/mol. The van der Waals surface area contributed by atoms with Gasteiger partial charge in [0.05, 0.1) is 6.04 Å².